The van der Waals surface area contributed by atoms with Gasteiger partial charge in [-0.1, -0.05) is 0 Å². The highest BCUT2D eigenvalue weighted by Crippen LogP contribution is 2.38. The van der Waals surface area contributed by atoms with Crippen LogP contribution in [0.1, 0.15) is 25.5 Å². The number of hydrogen-bond acceptors (Lipinski definition) is 3. The lowest BCUT2D eigenvalue weighted by molar-refractivity contribution is -0.116. The lowest BCUT2D eigenvalue weighted by Crippen LogP contribution is -2.26. The smallest absolute Gasteiger partial charge is 0.245 e. The molecule has 0 bridgehead atoms. The number of carbonyl (C=O) groups excluding carboxylic acids is 1. The Labute approximate surface area is 109 Å². The molecule has 4 nitrogen and oxygen atoms in total. The highest BCUT2D eigenvalue weighted by atomic mass is 79.9. The van der Waals surface area contributed by atoms with Crippen LogP contribution in [0, 0.1) is 0 Å². The normalized spacial score (nSPS) is 18.2. The molecule has 0 spiro atoms. The highest BCUT2D eigenvalue weighted by Gasteiger charge is 2.28. The predicted octanol–water partition coefficient (Wildman–Crippen LogP) is 2.25. The molecule has 1 atom stereocenters. The SMILES string of the molecule is CC(C)N(C)c1cc2c(cc1Br)C(N)C(=O)N2. The maximum atomic E-state index is 11.5. The molecule has 3 N–H and O–H groups in total. The lowest BCUT2D eigenvalue weighted by atomic mass is 10.1. The number of benzene rings is 1. The molecule has 0 saturated heterocycles. The van der Waals surface area contributed by atoms with Gasteiger partial charge in [0.2, 0.25) is 5.91 Å². The second kappa shape index (κ2) is 4.31. The first-order valence-corrected chi connectivity index (χ1v) is 6.34. The summed E-state index contributed by atoms with van der Waals surface area (Å²) >= 11 is 3.53. The minimum atomic E-state index is -0.556. The van der Waals surface area contributed by atoms with E-state index in [2.05, 4.69) is 40.0 Å². The summed E-state index contributed by atoms with van der Waals surface area (Å²) in [5.41, 5.74) is 8.51. The van der Waals surface area contributed by atoms with E-state index < -0.39 is 6.04 Å². The predicted molar refractivity (Wildman–Crippen MR) is 73.2 cm³/mol. The number of rotatable bonds is 2. The van der Waals surface area contributed by atoms with Crippen molar-refractivity contribution in [2.24, 2.45) is 5.73 Å². The van der Waals surface area contributed by atoms with Gasteiger partial charge in [-0.25, -0.2) is 0 Å². The Morgan fingerprint density at radius 3 is 2.71 bits per heavy atom. The summed E-state index contributed by atoms with van der Waals surface area (Å²) in [6.07, 6.45) is 0. The summed E-state index contributed by atoms with van der Waals surface area (Å²) in [5, 5.41) is 2.80. The summed E-state index contributed by atoms with van der Waals surface area (Å²) in [5.74, 6) is -0.142. The van der Waals surface area contributed by atoms with E-state index in [0.29, 0.717) is 6.04 Å². The van der Waals surface area contributed by atoms with E-state index in [1.165, 1.54) is 0 Å². The lowest BCUT2D eigenvalue weighted by Gasteiger charge is -2.25. The largest absolute Gasteiger partial charge is 0.371 e. The minimum Gasteiger partial charge on any atom is -0.371 e. The van der Waals surface area contributed by atoms with Crippen LogP contribution in [-0.4, -0.2) is 19.0 Å². The Balaban J connectivity index is 2.47. The number of hydrogen-bond donors (Lipinski definition) is 2. The molecular weight excluding hydrogens is 282 g/mol. The summed E-state index contributed by atoms with van der Waals surface area (Å²) in [4.78, 5) is 13.6. The summed E-state index contributed by atoms with van der Waals surface area (Å²) in [7, 11) is 2.02. The van der Waals surface area contributed by atoms with Crippen molar-refractivity contribution in [3.05, 3.63) is 22.2 Å². The van der Waals surface area contributed by atoms with E-state index in [0.717, 1.165) is 21.4 Å². The van der Waals surface area contributed by atoms with E-state index in [9.17, 15) is 4.79 Å². The monoisotopic (exact) mass is 297 g/mol. The van der Waals surface area contributed by atoms with E-state index >= 15 is 0 Å². The molecule has 0 saturated carbocycles. The van der Waals surface area contributed by atoms with Gasteiger partial charge in [0.1, 0.15) is 6.04 Å². The van der Waals surface area contributed by atoms with Gasteiger partial charge < -0.3 is 16.0 Å². The quantitative estimate of drug-likeness (QED) is 0.880. The van der Waals surface area contributed by atoms with Crippen molar-refractivity contribution in [3.8, 4) is 0 Å². The third-order valence-corrected chi connectivity index (χ3v) is 3.78. The van der Waals surface area contributed by atoms with Gasteiger partial charge in [-0.3, -0.25) is 4.79 Å². The van der Waals surface area contributed by atoms with E-state index in [1.54, 1.807) is 0 Å². The molecule has 0 radical (unpaired) electrons. The first kappa shape index (κ1) is 12.4. The van der Waals surface area contributed by atoms with Crippen molar-refractivity contribution in [2.45, 2.75) is 25.9 Å². The highest BCUT2D eigenvalue weighted by molar-refractivity contribution is 9.10. The van der Waals surface area contributed by atoms with E-state index in [-0.39, 0.29) is 5.91 Å². The Kier molecular flexibility index (Phi) is 3.14. The van der Waals surface area contributed by atoms with Crippen LogP contribution in [0.15, 0.2) is 16.6 Å². The Hall–Kier alpha value is -1.07. The van der Waals surface area contributed by atoms with Crippen LogP contribution in [-0.2, 0) is 4.79 Å². The molecule has 1 aromatic carbocycles. The second-order valence-electron chi connectivity index (χ2n) is 4.56. The zero-order valence-corrected chi connectivity index (χ0v) is 11.7. The number of halogens is 1. The molecule has 1 aliphatic heterocycles. The molecule has 1 aromatic rings. The Morgan fingerprint density at radius 2 is 2.12 bits per heavy atom. The van der Waals surface area contributed by atoms with Crippen molar-refractivity contribution < 1.29 is 4.79 Å². The number of carbonyl (C=O) groups is 1. The van der Waals surface area contributed by atoms with Gasteiger partial charge in [-0.2, -0.15) is 0 Å². The molecule has 1 aliphatic rings. The molecule has 5 heteroatoms. The first-order valence-electron chi connectivity index (χ1n) is 5.54. The van der Waals surface area contributed by atoms with Gasteiger partial charge in [-0.15, -0.1) is 0 Å². The fraction of sp³-hybridized carbons (Fsp3) is 0.417. The summed E-state index contributed by atoms with van der Waals surface area (Å²) < 4.78 is 0.958. The molecule has 0 aromatic heterocycles. The average molecular weight is 298 g/mol. The molecule has 92 valence electrons. The average Bonchev–Trinajstić information content (AvgIpc) is 2.53. The standard InChI is InChI=1S/C12H16BrN3O/c1-6(2)16(3)10-5-9-7(4-8(10)13)11(14)12(17)15-9/h4-6,11H,14H2,1-3H3,(H,15,17). The van der Waals surface area contributed by atoms with Gasteiger partial charge in [0.25, 0.3) is 0 Å². The van der Waals surface area contributed by atoms with Crippen LogP contribution in [0.3, 0.4) is 0 Å². The number of nitrogens with two attached hydrogens (primary N) is 1. The maximum Gasteiger partial charge on any atom is 0.245 e. The van der Waals surface area contributed by atoms with Crippen LogP contribution in [0.5, 0.6) is 0 Å². The van der Waals surface area contributed by atoms with Crippen LogP contribution in [0.4, 0.5) is 11.4 Å². The third-order valence-electron chi connectivity index (χ3n) is 3.15. The van der Waals surface area contributed by atoms with Crippen molar-refractivity contribution in [3.63, 3.8) is 0 Å². The van der Waals surface area contributed by atoms with Crippen molar-refractivity contribution in [1.29, 1.82) is 0 Å². The number of anilines is 2. The van der Waals surface area contributed by atoms with E-state index in [4.69, 9.17) is 5.73 Å². The summed E-state index contributed by atoms with van der Waals surface area (Å²) in [6.45, 7) is 4.23. The third kappa shape index (κ3) is 2.05. The molecule has 1 unspecified atom stereocenters. The fourth-order valence-corrected chi connectivity index (χ4v) is 2.48. The zero-order valence-electron chi connectivity index (χ0n) is 10.1. The molecule has 2 rings (SSSR count). The van der Waals surface area contributed by atoms with Gasteiger partial charge in [0.05, 0.1) is 5.69 Å². The number of nitrogens with one attached hydrogen (secondary N) is 1. The molecular formula is C12H16BrN3O. The van der Waals surface area contributed by atoms with Crippen LogP contribution < -0.4 is 16.0 Å². The molecule has 0 aliphatic carbocycles. The Bertz CT molecular complexity index is 473. The number of nitrogens with zero attached hydrogens (tertiary/aromatic N) is 1. The minimum absolute atomic E-state index is 0.142. The van der Waals surface area contributed by atoms with Gasteiger partial charge in [-0.05, 0) is 41.9 Å². The molecule has 1 heterocycles. The maximum absolute atomic E-state index is 11.5. The fourth-order valence-electron chi connectivity index (χ4n) is 1.84. The van der Waals surface area contributed by atoms with Gasteiger partial charge >= 0.3 is 0 Å². The molecule has 17 heavy (non-hydrogen) atoms. The number of fused-ring (bicyclic) bond motifs is 1. The zero-order chi connectivity index (χ0) is 12.7. The van der Waals surface area contributed by atoms with Crippen molar-refractivity contribution >= 4 is 33.2 Å². The van der Waals surface area contributed by atoms with Crippen LogP contribution in [0.25, 0.3) is 0 Å². The van der Waals surface area contributed by atoms with Crippen LogP contribution >= 0.6 is 15.9 Å². The molecule has 1 amide bonds. The van der Waals surface area contributed by atoms with E-state index in [1.807, 2.05) is 19.2 Å². The Morgan fingerprint density at radius 1 is 1.47 bits per heavy atom. The van der Waals surface area contributed by atoms with Gasteiger partial charge in [0, 0.05) is 28.8 Å². The van der Waals surface area contributed by atoms with Crippen molar-refractivity contribution in [1.82, 2.24) is 0 Å². The molecule has 0 fully saturated rings. The number of amides is 1. The second-order valence-corrected chi connectivity index (χ2v) is 5.42. The van der Waals surface area contributed by atoms with Crippen LogP contribution in [0.2, 0.25) is 0 Å². The first-order chi connectivity index (χ1) is 7.91. The van der Waals surface area contributed by atoms with Gasteiger partial charge in [0.15, 0.2) is 0 Å². The van der Waals surface area contributed by atoms with Crippen molar-refractivity contribution in [2.75, 3.05) is 17.3 Å². The topological polar surface area (TPSA) is 58.4 Å². The summed E-state index contributed by atoms with van der Waals surface area (Å²) in [6, 6.07) is 3.71.